The van der Waals surface area contributed by atoms with E-state index >= 15 is 0 Å². The summed E-state index contributed by atoms with van der Waals surface area (Å²) in [6.07, 6.45) is 0.854. The summed E-state index contributed by atoms with van der Waals surface area (Å²) in [5.74, 6) is 0.201. The molecule has 1 heterocycles. The first-order chi connectivity index (χ1) is 8.94. The maximum atomic E-state index is 11.2. The van der Waals surface area contributed by atoms with E-state index in [1.54, 1.807) is 20.9 Å². The number of aliphatic hydroxyl groups is 2. The van der Waals surface area contributed by atoms with Gasteiger partial charge >= 0.3 is 5.69 Å². The zero-order valence-electron chi connectivity index (χ0n) is 11.4. The molecule has 3 N–H and O–H groups in total. The molecule has 0 unspecified atom stereocenters. The lowest BCUT2D eigenvalue weighted by Crippen LogP contribution is -2.45. The Bertz CT molecular complexity index is 446. The van der Waals surface area contributed by atoms with Gasteiger partial charge in [-0.05, 0) is 12.8 Å². The highest BCUT2D eigenvalue weighted by Crippen LogP contribution is 2.31. The van der Waals surface area contributed by atoms with E-state index in [1.807, 2.05) is 0 Å². The van der Waals surface area contributed by atoms with Crippen LogP contribution in [0, 0.1) is 10.1 Å². The van der Waals surface area contributed by atoms with Gasteiger partial charge in [0.2, 0.25) is 5.82 Å². The van der Waals surface area contributed by atoms with Crippen LogP contribution in [-0.2, 0) is 13.5 Å². The van der Waals surface area contributed by atoms with E-state index in [-0.39, 0.29) is 24.7 Å². The average molecular weight is 272 g/mol. The summed E-state index contributed by atoms with van der Waals surface area (Å²) in [6, 6.07) is 0. The Kier molecular flexibility index (Phi) is 4.84. The second-order valence-corrected chi connectivity index (χ2v) is 4.45. The van der Waals surface area contributed by atoms with E-state index in [1.165, 1.54) is 4.68 Å². The van der Waals surface area contributed by atoms with Crippen molar-refractivity contribution in [2.45, 2.75) is 32.2 Å². The van der Waals surface area contributed by atoms with Gasteiger partial charge in [-0.15, -0.1) is 0 Å². The lowest BCUT2D eigenvalue weighted by Gasteiger charge is -2.30. The SMILES string of the molecule is CCc1nn(C)c(NC(CC)(CO)CO)c1[N+](=O)[O-]. The minimum atomic E-state index is -0.996. The number of aromatic nitrogens is 2. The van der Waals surface area contributed by atoms with Crippen molar-refractivity contribution in [1.82, 2.24) is 9.78 Å². The lowest BCUT2D eigenvalue weighted by molar-refractivity contribution is -0.384. The van der Waals surface area contributed by atoms with Crippen LogP contribution in [0.3, 0.4) is 0 Å². The zero-order valence-corrected chi connectivity index (χ0v) is 11.4. The number of nitrogens with one attached hydrogen (secondary N) is 1. The third-order valence-corrected chi connectivity index (χ3v) is 3.28. The lowest BCUT2D eigenvalue weighted by atomic mass is 9.98. The van der Waals surface area contributed by atoms with Gasteiger partial charge in [0, 0.05) is 7.05 Å². The van der Waals surface area contributed by atoms with Gasteiger partial charge in [-0.25, -0.2) is 4.68 Å². The monoisotopic (exact) mass is 272 g/mol. The first kappa shape index (κ1) is 15.4. The molecule has 0 saturated carbocycles. The van der Waals surface area contributed by atoms with Crippen LogP contribution >= 0.6 is 0 Å². The highest BCUT2D eigenvalue weighted by Gasteiger charge is 2.33. The number of hydrogen-bond acceptors (Lipinski definition) is 6. The van der Waals surface area contributed by atoms with Crippen LogP contribution < -0.4 is 5.32 Å². The van der Waals surface area contributed by atoms with Gasteiger partial charge in [0.1, 0.15) is 5.69 Å². The number of aliphatic hydroxyl groups excluding tert-OH is 2. The normalized spacial score (nSPS) is 11.6. The van der Waals surface area contributed by atoms with Gasteiger partial charge in [0.05, 0.1) is 23.7 Å². The second kappa shape index (κ2) is 5.98. The number of anilines is 1. The Hall–Kier alpha value is -1.67. The van der Waals surface area contributed by atoms with Gasteiger partial charge in [0.25, 0.3) is 0 Å². The summed E-state index contributed by atoms with van der Waals surface area (Å²) in [7, 11) is 1.59. The number of aryl methyl sites for hydroxylation is 2. The molecule has 0 spiro atoms. The summed E-state index contributed by atoms with van der Waals surface area (Å²) in [4.78, 5) is 10.7. The van der Waals surface area contributed by atoms with Crippen molar-refractivity contribution < 1.29 is 15.1 Å². The average Bonchev–Trinajstić information content (AvgIpc) is 2.72. The summed E-state index contributed by atoms with van der Waals surface area (Å²) >= 11 is 0. The van der Waals surface area contributed by atoms with Crippen LogP contribution in [0.15, 0.2) is 0 Å². The Morgan fingerprint density at radius 3 is 2.37 bits per heavy atom. The van der Waals surface area contributed by atoms with Crippen LogP contribution in [0.5, 0.6) is 0 Å². The van der Waals surface area contributed by atoms with Crippen LogP contribution in [0.2, 0.25) is 0 Å². The van der Waals surface area contributed by atoms with Crippen LogP contribution in [0.4, 0.5) is 11.5 Å². The minimum Gasteiger partial charge on any atom is -0.394 e. The van der Waals surface area contributed by atoms with Crippen molar-refractivity contribution in [3.05, 3.63) is 15.8 Å². The van der Waals surface area contributed by atoms with E-state index < -0.39 is 10.5 Å². The van der Waals surface area contributed by atoms with Gasteiger partial charge in [-0.1, -0.05) is 13.8 Å². The summed E-state index contributed by atoms with van der Waals surface area (Å²) in [6.45, 7) is 2.90. The second-order valence-electron chi connectivity index (χ2n) is 4.45. The fourth-order valence-corrected chi connectivity index (χ4v) is 1.83. The highest BCUT2D eigenvalue weighted by molar-refractivity contribution is 5.61. The molecular weight excluding hydrogens is 252 g/mol. The molecule has 0 aliphatic heterocycles. The largest absolute Gasteiger partial charge is 0.394 e. The molecule has 0 aliphatic rings. The fraction of sp³-hybridized carbons (Fsp3) is 0.727. The highest BCUT2D eigenvalue weighted by atomic mass is 16.6. The number of rotatable bonds is 7. The van der Waals surface area contributed by atoms with Gasteiger partial charge in [-0.3, -0.25) is 10.1 Å². The maximum Gasteiger partial charge on any atom is 0.333 e. The minimum absolute atomic E-state index is 0.107. The molecule has 8 heteroatoms. The van der Waals surface area contributed by atoms with Crippen LogP contribution in [0.25, 0.3) is 0 Å². The van der Waals surface area contributed by atoms with E-state index in [4.69, 9.17) is 0 Å². The van der Waals surface area contributed by atoms with Crippen LogP contribution in [0.1, 0.15) is 26.0 Å². The Morgan fingerprint density at radius 1 is 1.42 bits per heavy atom. The predicted molar refractivity (Wildman–Crippen MR) is 70.1 cm³/mol. The molecule has 0 fully saturated rings. The summed E-state index contributed by atoms with van der Waals surface area (Å²) in [5.41, 5.74) is -0.732. The topological polar surface area (TPSA) is 113 Å². The molecule has 19 heavy (non-hydrogen) atoms. The Balaban J connectivity index is 3.27. The zero-order chi connectivity index (χ0) is 14.6. The van der Waals surface area contributed by atoms with Crippen molar-refractivity contribution in [2.75, 3.05) is 18.5 Å². The van der Waals surface area contributed by atoms with Crippen LogP contribution in [-0.4, -0.2) is 43.7 Å². The molecular formula is C11H20N4O4. The van der Waals surface area contributed by atoms with Crippen molar-refractivity contribution in [3.8, 4) is 0 Å². The van der Waals surface area contributed by atoms with Gasteiger partial charge < -0.3 is 15.5 Å². The van der Waals surface area contributed by atoms with Crippen molar-refractivity contribution in [3.63, 3.8) is 0 Å². The molecule has 0 saturated heterocycles. The number of hydrogen-bond donors (Lipinski definition) is 3. The molecule has 1 rings (SSSR count). The Morgan fingerprint density at radius 2 is 2.00 bits per heavy atom. The van der Waals surface area contributed by atoms with Gasteiger partial charge in [-0.2, -0.15) is 5.10 Å². The molecule has 0 aromatic carbocycles. The van der Waals surface area contributed by atoms with Gasteiger partial charge in [0.15, 0.2) is 0 Å². The van der Waals surface area contributed by atoms with E-state index in [0.717, 1.165) is 0 Å². The maximum absolute atomic E-state index is 11.2. The molecule has 0 radical (unpaired) electrons. The molecule has 108 valence electrons. The molecule has 1 aromatic rings. The van der Waals surface area contributed by atoms with E-state index in [2.05, 4.69) is 10.4 Å². The molecule has 0 amide bonds. The number of nitro groups is 1. The summed E-state index contributed by atoms with van der Waals surface area (Å²) < 4.78 is 1.37. The first-order valence-electron chi connectivity index (χ1n) is 6.14. The third kappa shape index (κ3) is 2.85. The molecule has 0 aliphatic carbocycles. The molecule has 0 bridgehead atoms. The van der Waals surface area contributed by atoms with Crippen molar-refractivity contribution in [2.24, 2.45) is 7.05 Å². The quantitative estimate of drug-likeness (QED) is 0.490. The Labute approximate surface area is 111 Å². The fourth-order valence-electron chi connectivity index (χ4n) is 1.83. The summed E-state index contributed by atoms with van der Waals surface area (Å²) in [5, 5.41) is 36.9. The van der Waals surface area contributed by atoms with E-state index in [0.29, 0.717) is 18.5 Å². The third-order valence-electron chi connectivity index (χ3n) is 3.28. The number of nitrogens with zero attached hydrogens (tertiary/aromatic N) is 3. The molecule has 1 aromatic heterocycles. The standard InChI is InChI=1S/C11H20N4O4/c1-4-8-9(15(18)19)10(14(3)13-8)12-11(5-2,6-16)7-17/h12,16-17H,4-7H2,1-3H3. The first-order valence-corrected chi connectivity index (χ1v) is 6.14. The molecule has 8 nitrogen and oxygen atoms in total. The van der Waals surface area contributed by atoms with Crippen molar-refractivity contribution in [1.29, 1.82) is 0 Å². The van der Waals surface area contributed by atoms with E-state index in [9.17, 15) is 20.3 Å². The smallest absolute Gasteiger partial charge is 0.333 e. The molecule has 0 atom stereocenters. The van der Waals surface area contributed by atoms with Crippen molar-refractivity contribution >= 4 is 11.5 Å². The predicted octanol–water partition coefficient (Wildman–Crippen LogP) is 0.436.